The first-order valence-corrected chi connectivity index (χ1v) is 6.59. The number of likely N-dealkylation sites (tertiary alicyclic amines) is 1. The Morgan fingerprint density at radius 2 is 2.11 bits per heavy atom. The summed E-state index contributed by atoms with van der Waals surface area (Å²) in [5.74, 6) is -0.533. The zero-order valence-electron chi connectivity index (χ0n) is 12.0. The fraction of sp³-hybridized carbons (Fsp3) is 0.714. The Morgan fingerprint density at radius 1 is 1.42 bits per heavy atom. The number of esters is 1. The van der Waals surface area contributed by atoms with Crippen LogP contribution >= 0.6 is 0 Å². The van der Waals surface area contributed by atoms with Gasteiger partial charge in [0.1, 0.15) is 12.2 Å². The second-order valence-corrected chi connectivity index (χ2v) is 5.68. The lowest BCUT2D eigenvalue weighted by Crippen LogP contribution is -2.45. The molecule has 1 aliphatic rings. The molecule has 0 radical (unpaired) electrons. The number of carbonyl (C=O) groups is 2. The molecule has 108 valence electrons. The minimum atomic E-state index is -0.520. The lowest BCUT2D eigenvalue weighted by atomic mass is 9.98. The standard InChI is InChI=1S/C14H23NO4/c1-5-9-18-12(16)11-7-6-8-15(10-11)13(17)19-14(2,3)4/h5,11H,1,6-10H2,2-4H3. The fourth-order valence-corrected chi connectivity index (χ4v) is 1.92. The Kier molecular flexibility index (Phi) is 5.39. The summed E-state index contributed by atoms with van der Waals surface area (Å²) >= 11 is 0. The Hall–Kier alpha value is -1.52. The molecule has 1 amide bonds. The van der Waals surface area contributed by atoms with Gasteiger partial charge in [-0.15, -0.1) is 0 Å². The van der Waals surface area contributed by atoms with Gasteiger partial charge in [-0.05, 0) is 33.6 Å². The average molecular weight is 269 g/mol. The second kappa shape index (κ2) is 6.59. The molecule has 19 heavy (non-hydrogen) atoms. The molecule has 0 bridgehead atoms. The Bertz CT molecular complexity index is 346. The first kappa shape index (κ1) is 15.5. The molecule has 0 aromatic heterocycles. The molecule has 0 N–H and O–H groups in total. The number of nitrogens with zero attached hydrogens (tertiary/aromatic N) is 1. The third-order valence-electron chi connectivity index (χ3n) is 2.75. The molecule has 1 atom stereocenters. The van der Waals surface area contributed by atoms with Gasteiger partial charge in [-0.1, -0.05) is 12.7 Å². The monoisotopic (exact) mass is 269 g/mol. The molecule has 1 fully saturated rings. The summed E-state index contributed by atoms with van der Waals surface area (Å²) in [7, 11) is 0. The molecule has 5 nitrogen and oxygen atoms in total. The molecule has 5 heteroatoms. The van der Waals surface area contributed by atoms with Crippen molar-refractivity contribution in [2.75, 3.05) is 19.7 Å². The van der Waals surface area contributed by atoms with E-state index in [1.807, 2.05) is 20.8 Å². The molecule has 1 rings (SSSR count). The van der Waals surface area contributed by atoms with Gasteiger partial charge >= 0.3 is 12.1 Å². The maximum atomic E-state index is 11.9. The van der Waals surface area contributed by atoms with Crippen LogP contribution in [0.25, 0.3) is 0 Å². The van der Waals surface area contributed by atoms with E-state index in [1.54, 1.807) is 4.90 Å². The number of ether oxygens (including phenoxy) is 2. The van der Waals surface area contributed by atoms with Crippen molar-refractivity contribution in [3.8, 4) is 0 Å². The molecular weight excluding hydrogens is 246 g/mol. The van der Waals surface area contributed by atoms with Gasteiger partial charge in [0.2, 0.25) is 0 Å². The maximum Gasteiger partial charge on any atom is 0.410 e. The molecule has 0 spiro atoms. The van der Waals surface area contributed by atoms with Crippen molar-refractivity contribution in [2.45, 2.75) is 39.2 Å². The Balaban J connectivity index is 2.52. The van der Waals surface area contributed by atoms with Crippen LogP contribution in [0.4, 0.5) is 4.79 Å². The van der Waals surface area contributed by atoms with Gasteiger partial charge < -0.3 is 14.4 Å². The van der Waals surface area contributed by atoms with Crippen LogP contribution in [0.3, 0.4) is 0 Å². The SMILES string of the molecule is C=CCOC(=O)C1CCCN(C(=O)OC(C)(C)C)C1. The number of hydrogen-bond acceptors (Lipinski definition) is 4. The Morgan fingerprint density at radius 3 is 2.68 bits per heavy atom. The maximum absolute atomic E-state index is 11.9. The lowest BCUT2D eigenvalue weighted by Gasteiger charge is -2.33. The van der Waals surface area contributed by atoms with E-state index in [0.29, 0.717) is 13.1 Å². The van der Waals surface area contributed by atoms with E-state index in [2.05, 4.69) is 6.58 Å². The molecule has 1 aliphatic heterocycles. The number of carbonyl (C=O) groups excluding carboxylic acids is 2. The minimum Gasteiger partial charge on any atom is -0.461 e. The normalized spacial score (nSPS) is 19.7. The first-order chi connectivity index (χ1) is 8.83. The van der Waals surface area contributed by atoms with Crippen LogP contribution in [0.1, 0.15) is 33.6 Å². The summed E-state index contributed by atoms with van der Waals surface area (Å²) in [4.78, 5) is 25.3. The van der Waals surface area contributed by atoms with Gasteiger partial charge in [0.05, 0.1) is 5.92 Å². The molecule has 1 unspecified atom stereocenters. The van der Waals surface area contributed by atoms with Crippen molar-refractivity contribution in [3.63, 3.8) is 0 Å². The summed E-state index contributed by atoms with van der Waals surface area (Å²) in [5.41, 5.74) is -0.520. The van der Waals surface area contributed by atoms with E-state index in [-0.39, 0.29) is 24.6 Å². The fourth-order valence-electron chi connectivity index (χ4n) is 1.92. The highest BCUT2D eigenvalue weighted by Gasteiger charge is 2.31. The minimum absolute atomic E-state index is 0.210. The van der Waals surface area contributed by atoms with Crippen LogP contribution in [0.15, 0.2) is 12.7 Å². The summed E-state index contributed by atoms with van der Waals surface area (Å²) in [6, 6.07) is 0. The van der Waals surface area contributed by atoms with Crippen LogP contribution in [0, 0.1) is 5.92 Å². The quantitative estimate of drug-likeness (QED) is 0.583. The predicted molar refractivity (Wildman–Crippen MR) is 71.7 cm³/mol. The van der Waals surface area contributed by atoms with Crippen LogP contribution in [0.5, 0.6) is 0 Å². The summed E-state index contributed by atoms with van der Waals surface area (Å²) in [5, 5.41) is 0. The topological polar surface area (TPSA) is 55.8 Å². The number of amides is 1. The smallest absolute Gasteiger partial charge is 0.410 e. The third-order valence-corrected chi connectivity index (χ3v) is 2.75. The number of hydrogen-bond donors (Lipinski definition) is 0. The van der Waals surface area contributed by atoms with Crippen molar-refractivity contribution in [1.82, 2.24) is 4.90 Å². The summed E-state index contributed by atoms with van der Waals surface area (Å²) in [6.07, 6.45) is 2.70. The van der Waals surface area contributed by atoms with Crippen LogP contribution < -0.4 is 0 Å². The molecule has 0 aromatic rings. The van der Waals surface area contributed by atoms with Crippen molar-refractivity contribution in [3.05, 3.63) is 12.7 Å². The summed E-state index contributed by atoms with van der Waals surface area (Å²) in [6.45, 7) is 10.2. The highest BCUT2D eigenvalue weighted by atomic mass is 16.6. The summed E-state index contributed by atoms with van der Waals surface area (Å²) < 4.78 is 10.3. The lowest BCUT2D eigenvalue weighted by molar-refractivity contribution is -0.148. The molecule has 0 saturated carbocycles. The second-order valence-electron chi connectivity index (χ2n) is 5.68. The van der Waals surface area contributed by atoms with Gasteiger partial charge in [0.25, 0.3) is 0 Å². The van der Waals surface area contributed by atoms with Gasteiger partial charge in [0.15, 0.2) is 0 Å². The molecule has 0 aliphatic carbocycles. The van der Waals surface area contributed by atoms with Gasteiger partial charge in [-0.2, -0.15) is 0 Å². The average Bonchev–Trinajstić information content (AvgIpc) is 2.34. The van der Waals surface area contributed by atoms with Crippen LogP contribution in [-0.4, -0.2) is 42.3 Å². The van der Waals surface area contributed by atoms with Crippen molar-refractivity contribution in [1.29, 1.82) is 0 Å². The largest absolute Gasteiger partial charge is 0.461 e. The van der Waals surface area contributed by atoms with Gasteiger partial charge in [-0.3, -0.25) is 4.79 Å². The van der Waals surface area contributed by atoms with Gasteiger partial charge in [-0.25, -0.2) is 4.79 Å². The molecule has 0 aromatic carbocycles. The first-order valence-electron chi connectivity index (χ1n) is 6.59. The van der Waals surface area contributed by atoms with E-state index in [1.165, 1.54) is 6.08 Å². The Labute approximate surface area is 114 Å². The van der Waals surface area contributed by atoms with E-state index in [4.69, 9.17) is 9.47 Å². The van der Waals surface area contributed by atoms with E-state index < -0.39 is 5.60 Å². The van der Waals surface area contributed by atoms with E-state index in [0.717, 1.165) is 12.8 Å². The van der Waals surface area contributed by atoms with E-state index in [9.17, 15) is 9.59 Å². The van der Waals surface area contributed by atoms with E-state index >= 15 is 0 Å². The van der Waals surface area contributed by atoms with Crippen molar-refractivity contribution < 1.29 is 19.1 Å². The van der Waals surface area contributed by atoms with Crippen molar-refractivity contribution in [2.24, 2.45) is 5.92 Å². The predicted octanol–water partition coefficient (Wildman–Crippen LogP) is 2.36. The van der Waals surface area contributed by atoms with Gasteiger partial charge in [0, 0.05) is 13.1 Å². The highest BCUT2D eigenvalue weighted by molar-refractivity contribution is 5.75. The van der Waals surface area contributed by atoms with Crippen LogP contribution in [-0.2, 0) is 14.3 Å². The van der Waals surface area contributed by atoms with Crippen molar-refractivity contribution >= 4 is 12.1 Å². The highest BCUT2D eigenvalue weighted by Crippen LogP contribution is 2.20. The number of rotatable bonds is 3. The molecule has 1 saturated heterocycles. The zero-order chi connectivity index (χ0) is 14.5. The molecular formula is C14H23NO4. The zero-order valence-corrected chi connectivity index (χ0v) is 12.0. The third kappa shape index (κ3) is 5.32. The number of piperidine rings is 1. The van der Waals surface area contributed by atoms with Crippen LogP contribution in [0.2, 0.25) is 0 Å². The molecule has 1 heterocycles.